The van der Waals surface area contributed by atoms with Crippen LogP contribution in [0, 0.1) is 11.6 Å². The first-order valence-electron chi connectivity index (χ1n) is 5.82. The van der Waals surface area contributed by atoms with Gasteiger partial charge in [-0.1, -0.05) is 0 Å². The number of nitrogen functional groups attached to an aromatic ring is 1. The van der Waals surface area contributed by atoms with Crippen molar-refractivity contribution in [2.75, 3.05) is 12.3 Å². The molecule has 19 heavy (non-hydrogen) atoms. The average Bonchev–Trinajstić information content (AvgIpc) is 2.36. The Morgan fingerprint density at radius 2 is 2.05 bits per heavy atom. The molecular weight excluding hydrogens is 256 g/mol. The van der Waals surface area contributed by atoms with E-state index < -0.39 is 23.6 Å². The van der Waals surface area contributed by atoms with Crippen LogP contribution in [0.2, 0.25) is 0 Å². The minimum atomic E-state index is -1.16. The molecule has 0 aliphatic carbocycles. The Morgan fingerprint density at radius 1 is 1.37 bits per heavy atom. The number of nitrogens with two attached hydrogens (primary N) is 1. The predicted molar refractivity (Wildman–Crippen MR) is 64.3 cm³/mol. The molecule has 0 radical (unpaired) electrons. The molecule has 1 aromatic carbocycles. The molecule has 1 heterocycles. The van der Waals surface area contributed by atoms with Gasteiger partial charge in [-0.25, -0.2) is 8.78 Å². The normalized spacial score (nSPS) is 18.8. The van der Waals surface area contributed by atoms with E-state index in [-0.39, 0.29) is 17.2 Å². The highest BCUT2D eigenvalue weighted by atomic mass is 19.2. The van der Waals surface area contributed by atoms with E-state index in [9.17, 15) is 18.4 Å². The van der Waals surface area contributed by atoms with Gasteiger partial charge in [0, 0.05) is 18.3 Å². The number of carbonyl (C=O) groups is 2. The summed E-state index contributed by atoms with van der Waals surface area (Å²) in [6, 6.07) is 0.792. The number of anilines is 1. The Balaban J connectivity index is 2.16. The van der Waals surface area contributed by atoms with E-state index in [0.29, 0.717) is 13.0 Å². The van der Waals surface area contributed by atoms with Crippen molar-refractivity contribution >= 4 is 17.5 Å². The Labute approximate surface area is 108 Å². The summed E-state index contributed by atoms with van der Waals surface area (Å²) in [4.78, 5) is 23.4. The van der Waals surface area contributed by atoms with Crippen molar-refractivity contribution in [1.82, 2.24) is 10.6 Å². The van der Waals surface area contributed by atoms with Gasteiger partial charge < -0.3 is 16.4 Å². The van der Waals surface area contributed by atoms with Crippen molar-refractivity contribution in [2.24, 2.45) is 0 Å². The van der Waals surface area contributed by atoms with Gasteiger partial charge in [0.2, 0.25) is 5.91 Å². The van der Waals surface area contributed by atoms with Crippen LogP contribution in [-0.2, 0) is 4.79 Å². The average molecular weight is 269 g/mol. The zero-order valence-electron chi connectivity index (χ0n) is 10.0. The topological polar surface area (TPSA) is 84.2 Å². The third-order valence-electron chi connectivity index (χ3n) is 2.93. The summed E-state index contributed by atoms with van der Waals surface area (Å²) in [5, 5.41) is 5.06. The van der Waals surface area contributed by atoms with Crippen LogP contribution in [-0.4, -0.2) is 24.4 Å². The summed E-state index contributed by atoms with van der Waals surface area (Å²) in [5.41, 5.74) is 5.11. The van der Waals surface area contributed by atoms with Crippen LogP contribution in [0.25, 0.3) is 0 Å². The summed E-state index contributed by atoms with van der Waals surface area (Å²) >= 11 is 0. The molecule has 1 aromatic rings. The molecule has 0 aromatic heterocycles. The van der Waals surface area contributed by atoms with E-state index in [4.69, 9.17) is 5.73 Å². The molecule has 4 N–H and O–H groups in total. The second-order valence-corrected chi connectivity index (χ2v) is 4.31. The second kappa shape index (κ2) is 5.21. The molecule has 1 atom stereocenters. The number of piperidine rings is 1. The second-order valence-electron chi connectivity index (χ2n) is 4.31. The summed E-state index contributed by atoms with van der Waals surface area (Å²) in [7, 11) is 0. The van der Waals surface area contributed by atoms with Crippen LogP contribution in [0.3, 0.4) is 0 Å². The molecule has 0 bridgehead atoms. The molecule has 2 amide bonds. The largest absolute Gasteiger partial charge is 0.398 e. The Morgan fingerprint density at radius 3 is 2.74 bits per heavy atom. The number of carbonyl (C=O) groups excluding carboxylic acids is 2. The fourth-order valence-electron chi connectivity index (χ4n) is 1.90. The van der Waals surface area contributed by atoms with Crippen molar-refractivity contribution in [3.05, 3.63) is 29.3 Å². The highest BCUT2D eigenvalue weighted by Gasteiger charge is 2.25. The lowest BCUT2D eigenvalue weighted by atomic mass is 10.1. The van der Waals surface area contributed by atoms with Gasteiger partial charge in [-0.3, -0.25) is 9.59 Å². The standard InChI is InChI=1S/C12H13F2N3O2/c13-7-4-6(9(15)5-8(7)14)11(18)17-10-2-1-3-16-12(10)19/h4-5,10H,1-3,15H2,(H,16,19)(H,17,18). The molecule has 2 rings (SSSR count). The van der Waals surface area contributed by atoms with Crippen LogP contribution in [0.1, 0.15) is 23.2 Å². The number of amides is 2. The maximum atomic E-state index is 13.1. The molecule has 0 saturated carbocycles. The van der Waals surface area contributed by atoms with Gasteiger partial charge in [0.05, 0.1) is 5.56 Å². The highest BCUT2D eigenvalue weighted by Crippen LogP contribution is 2.17. The van der Waals surface area contributed by atoms with Crippen molar-refractivity contribution < 1.29 is 18.4 Å². The predicted octanol–water partition coefficient (Wildman–Crippen LogP) is 0.555. The zero-order chi connectivity index (χ0) is 14.0. The molecular formula is C12H13F2N3O2. The number of hydrogen-bond acceptors (Lipinski definition) is 3. The lowest BCUT2D eigenvalue weighted by Crippen LogP contribution is -2.50. The third kappa shape index (κ3) is 2.81. The van der Waals surface area contributed by atoms with E-state index >= 15 is 0 Å². The van der Waals surface area contributed by atoms with E-state index in [0.717, 1.165) is 18.6 Å². The zero-order valence-corrected chi connectivity index (χ0v) is 10.0. The summed E-state index contributed by atoms with van der Waals surface area (Å²) in [6.45, 7) is 0.568. The maximum Gasteiger partial charge on any atom is 0.254 e. The molecule has 1 aliphatic heterocycles. The van der Waals surface area contributed by atoms with Crippen molar-refractivity contribution in [3.8, 4) is 0 Å². The first-order valence-corrected chi connectivity index (χ1v) is 5.82. The van der Waals surface area contributed by atoms with Gasteiger partial charge in [0.15, 0.2) is 11.6 Å². The smallest absolute Gasteiger partial charge is 0.254 e. The highest BCUT2D eigenvalue weighted by molar-refractivity contribution is 6.01. The van der Waals surface area contributed by atoms with Gasteiger partial charge in [0.1, 0.15) is 6.04 Å². The lowest BCUT2D eigenvalue weighted by molar-refractivity contribution is -0.124. The fraction of sp³-hybridized carbons (Fsp3) is 0.333. The molecule has 1 fully saturated rings. The Kier molecular flexibility index (Phi) is 3.64. The van der Waals surface area contributed by atoms with Crippen LogP contribution in [0.4, 0.5) is 14.5 Å². The first-order chi connectivity index (χ1) is 8.99. The molecule has 7 heteroatoms. The van der Waals surface area contributed by atoms with Gasteiger partial charge in [-0.05, 0) is 18.9 Å². The van der Waals surface area contributed by atoms with Crippen LogP contribution in [0.5, 0.6) is 0 Å². The van der Waals surface area contributed by atoms with Gasteiger partial charge in [-0.15, -0.1) is 0 Å². The maximum absolute atomic E-state index is 13.1. The van der Waals surface area contributed by atoms with E-state index in [1.807, 2.05) is 0 Å². The molecule has 1 saturated heterocycles. The van der Waals surface area contributed by atoms with Crippen molar-refractivity contribution in [1.29, 1.82) is 0 Å². The summed E-state index contributed by atoms with van der Waals surface area (Å²) < 4.78 is 26.0. The number of rotatable bonds is 2. The number of hydrogen-bond donors (Lipinski definition) is 3. The van der Waals surface area contributed by atoms with Crippen molar-refractivity contribution in [2.45, 2.75) is 18.9 Å². The molecule has 0 spiro atoms. The summed E-state index contributed by atoms with van der Waals surface area (Å²) in [6.07, 6.45) is 1.24. The van der Waals surface area contributed by atoms with Crippen LogP contribution in [0.15, 0.2) is 12.1 Å². The van der Waals surface area contributed by atoms with Gasteiger partial charge in [0.25, 0.3) is 5.91 Å². The van der Waals surface area contributed by atoms with Crippen LogP contribution >= 0.6 is 0 Å². The Bertz CT molecular complexity index is 534. The molecule has 5 nitrogen and oxygen atoms in total. The number of nitrogens with one attached hydrogen (secondary N) is 2. The van der Waals surface area contributed by atoms with E-state index in [1.54, 1.807) is 0 Å². The molecule has 1 aliphatic rings. The minimum absolute atomic E-state index is 0.174. The van der Waals surface area contributed by atoms with Gasteiger partial charge in [-0.2, -0.15) is 0 Å². The third-order valence-corrected chi connectivity index (χ3v) is 2.93. The molecule has 102 valence electrons. The van der Waals surface area contributed by atoms with E-state index in [2.05, 4.69) is 10.6 Å². The number of halogens is 2. The molecule has 1 unspecified atom stereocenters. The minimum Gasteiger partial charge on any atom is -0.398 e. The fourth-order valence-corrected chi connectivity index (χ4v) is 1.90. The quantitative estimate of drug-likeness (QED) is 0.686. The van der Waals surface area contributed by atoms with Crippen LogP contribution < -0.4 is 16.4 Å². The number of benzene rings is 1. The Hall–Kier alpha value is -2.18. The first kappa shape index (κ1) is 13.3. The van der Waals surface area contributed by atoms with Crippen molar-refractivity contribution in [3.63, 3.8) is 0 Å². The van der Waals surface area contributed by atoms with E-state index in [1.165, 1.54) is 0 Å². The summed E-state index contributed by atoms with van der Waals surface area (Å²) in [5.74, 6) is -3.27. The SMILES string of the molecule is Nc1cc(F)c(F)cc1C(=O)NC1CCCNC1=O. The monoisotopic (exact) mass is 269 g/mol. The van der Waals surface area contributed by atoms with Gasteiger partial charge >= 0.3 is 0 Å². The lowest BCUT2D eigenvalue weighted by Gasteiger charge is -2.23.